The number of aromatic nitrogens is 4. The number of benzene rings is 1. The Morgan fingerprint density at radius 1 is 1.40 bits per heavy atom. The molecule has 1 unspecified atom stereocenters. The van der Waals surface area contributed by atoms with Crippen LogP contribution in [0.15, 0.2) is 29.2 Å². The lowest BCUT2D eigenvalue weighted by atomic mass is 10.1. The van der Waals surface area contributed by atoms with Crippen LogP contribution in [0.3, 0.4) is 0 Å². The summed E-state index contributed by atoms with van der Waals surface area (Å²) in [5.41, 5.74) is 0.886. The third kappa shape index (κ3) is 3.16. The van der Waals surface area contributed by atoms with Crippen molar-refractivity contribution < 1.29 is 9.90 Å². The van der Waals surface area contributed by atoms with Gasteiger partial charge in [0, 0.05) is 10.5 Å². The summed E-state index contributed by atoms with van der Waals surface area (Å²) < 4.78 is 1.60. The molecular formula is C13H16N4O2S. The number of hydrogen-bond acceptors (Lipinski definition) is 5. The lowest BCUT2D eigenvalue weighted by Gasteiger charge is -2.14. The van der Waals surface area contributed by atoms with Gasteiger partial charge < -0.3 is 5.11 Å². The molecule has 0 aliphatic rings. The molecule has 1 aromatic heterocycles. The number of carboxylic acid groups (broad SMARTS) is 1. The Hall–Kier alpha value is -1.89. The fourth-order valence-corrected chi connectivity index (χ4v) is 2.38. The fourth-order valence-electron chi connectivity index (χ4n) is 1.98. The van der Waals surface area contributed by atoms with Gasteiger partial charge in [-0.1, -0.05) is 19.1 Å². The Kier molecular flexibility index (Phi) is 4.73. The molecule has 0 saturated carbocycles. The molecular weight excluding hydrogens is 276 g/mol. The van der Waals surface area contributed by atoms with Gasteiger partial charge in [0.15, 0.2) is 5.82 Å². The minimum atomic E-state index is -0.851. The van der Waals surface area contributed by atoms with Crippen molar-refractivity contribution in [3.05, 3.63) is 24.3 Å². The first kappa shape index (κ1) is 14.5. The Morgan fingerprint density at radius 2 is 2.10 bits per heavy atom. The highest BCUT2D eigenvalue weighted by molar-refractivity contribution is 7.98. The zero-order valence-electron chi connectivity index (χ0n) is 11.4. The number of rotatable bonds is 6. The molecule has 0 aliphatic heterocycles. The molecule has 7 heteroatoms. The highest BCUT2D eigenvalue weighted by atomic mass is 32.2. The van der Waals surface area contributed by atoms with Crippen molar-refractivity contribution in [2.24, 2.45) is 0 Å². The van der Waals surface area contributed by atoms with E-state index in [1.807, 2.05) is 37.4 Å². The van der Waals surface area contributed by atoms with Crippen molar-refractivity contribution in [3.8, 4) is 11.4 Å². The summed E-state index contributed by atoms with van der Waals surface area (Å²) in [4.78, 5) is 12.1. The summed E-state index contributed by atoms with van der Waals surface area (Å²) in [7, 11) is 0. The minimum Gasteiger partial charge on any atom is -0.481 e. The molecule has 1 aromatic carbocycles. The van der Waals surface area contributed by atoms with E-state index < -0.39 is 5.97 Å². The zero-order valence-corrected chi connectivity index (χ0v) is 12.2. The first-order chi connectivity index (χ1) is 9.65. The normalized spacial score (nSPS) is 12.3. The second-order valence-corrected chi connectivity index (χ2v) is 5.22. The van der Waals surface area contributed by atoms with E-state index >= 15 is 0 Å². The van der Waals surface area contributed by atoms with Crippen LogP contribution < -0.4 is 0 Å². The zero-order chi connectivity index (χ0) is 14.5. The summed E-state index contributed by atoms with van der Waals surface area (Å²) in [5.74, 6) is -0.248. The number of nitrogens with zero attached hydrogens (tertiary/aromatic N) is 4. The van der Waals surface area contributed by atoms with Crippen LogP contribution in [0.25, 0.3) is 11.4 Å². The monoisotopic (exact) mass is 292 g/mol. The molecule has 2 aromatic rings. The average molecular weight is 292 g/mol. The molecule has 0 fully saturated rings. The third-order valence-electron chi connectivity index (χ3n) is 3.07. The maximum Gasteiger partial charge on any atom is 0.305 e. The number of carboxylic acids is 1. The van der Waals surface area contributed by atoms with Gasteiger partial charge in [-0.25, -0.2) is 4.68 Å². The maximum atomic E-state index is 10.9. The smallest absolute Gasteiger partial charge is 0.305 e. The molecule has 1 atom stereocenters. The Morgan fingerprint density at radius 3 is 2.65 bits per heavy atom. The van der Waals surface area contributed by atoms with Crippen molar-refractivity contribution in [2.45, 2.75) is 30.7 Å². The molecule has 2 rings (SSSR count). The lowest BCUT2D eigenvalue weighted by Crippen LogP contribution is -2.15. The first-order valence-corrected chi connectivity index (χ1v) is 7.52. The Labute approximate surface area is 121 Å². The van der Waals surface area contributed by atoms with E-state index in [1.54, 1.807) is 16.4 Å². The van der Waals surface area contributed by atoms with Crippen molar-refractivity contribution in [1.82, 2.24) is 20.2 Å². The fraction of sp³-hybridized carbons (Fsp3) is 0.385. The minimum absolute atomic E-state index is 0.0113. The second kappa shape index (κ2) is 6.51. The number of tetrazole rings is 1. The number of carbonyl (C=O) groups is 1. The quantitative estimate of drug-likeness (QED) is 0.824. The van der Waals surface area contributed by atoms with Crippen LogP contribution in [0.4, 0.5) is 0 Å². The Bertz CT molecular complexity index is 582. The van der Waals surface area contributed by atoms with Crippen LogP contribution in [0.1, 0.15) is 25.8 Å². The largest absolute Gasteiger partial charge is 0.481 e. The Balaban J connectivity index is 2.33. The molecule has 6 nitrogen and oxygen atoms in total. The van der Waals surface area contributed by atoms with Crippen LogP contribution in [0, 0.1) is 0 Å². The van der Waals surface area contributed by atoms with Crippen molar-refractivity contribution in [3.63, 3.8) is 0 Å². The van der Waals surface area contributed by atoms with E-state index in [1.165, 1.54) is 0 Å². The molecule has 0 spiro atoms. The first-order valence-electron chi connectivity index (χ1n) is 6.29. The van der Waals surface area contributed by atoms with Crippen LogP contribution in [-0.2, 0) is 4.79 Å². The number of hydrogen-bond donors (Lipinski definition) is 1. The molecule has 1 N–H and O–H groups in total. The topological polar surface area (TPSA) is 80.9 Å². The summed E-state index contributed by atoms with van der Waals surface area (Å²) >= 11 is 1.66. The average Bonchev–Trinajstić information content (AvgIpc) is 2.94. The summed E-state index contributed by atoms with van der Waals surface area (Å²) in [6.07, 6.45) is 2.68. The van der Waals surface area contributed by atoms with Crippen molar-refractivity contribution in [1.29, 1.82) is 0 Å². The molecule has 20 heavy (non-hydrogen) atoms. The summed E-state index contributed by atoms with van der Waals surface area (Å²) in [6, 6.07) is 7.65. The lowest BCUT2D eigenvalue weighted by molar-refractivity contribution is -0.138. The standard InChI is InChI=1S/C13H16N4O2S/c1-3-10(8-12(18)19)17-13(14-15-16-17)9-4-6-11(20-2)7-5-9/h4-7,10H,3,8H2,1-2H3,(H,18,19). The number of thioether (sulfide) groups is 1. The predicted molar refractivity (Wildman–Crippen MR) is 76.6 cm³/mol. The third-order valence-corrected chi connectivity index (χ3v) is 3.81. The van der Waals surface area contributed by atoms with Crippen LogP contribution >= 0.6 is 11.8 Å². The van der Waals surface area contributed by atoms with E-state index in [4.69, 9.17) is 5.11 Å². The summed E-state index contributed by atoms with van der Waals surface area (Å²) in [6.45, 7) is 1.93. The van der Waals surface area contributed by atoms with Gasteiger partial charge >= 0.3 is 5.97 Å². The van der Waals surface area contributed by atoms with Gasteiger partial charge in [-0.15, -0.1) is 16.9 Å². The second-order valence-electron chi connectivity index (χ2n) is 4.34. The highest BCUT2D eigenvalue weighted by Crippen LogP contribution is 2.25. The van der Waals surface area contributed by atoms with Crippen molar-refractivity contribution >= 4 is 17.7 Å². The number of aliphatic carboxylic acids is 1. The molecule has 1 heterocycles. The van der Waals surface area contributed by atoms with Gasteiger partial charge in [0.05, 0.1) is 12.5 Å². The van der Waals surface area contributed by atoms with Gasteiger partial charge in [-0.2, -0.15) is 0 Å². The molecule has 0 bridgehead atoms. The van der Waals surface area contributed by atoms with E-state index in [0.29, 0.717) is 12.2 Å². The van der Waals surface area contributed by atoms with Crippen LogP contribution in [0.2, 0.25) is 0 Å². The SMILES string of the molecule is CCC(CC(=O)O)n1nnnc1-c1ccc(SC)cc1. The van der Waals surface area contributed by atoms with Crippen LogP contribution in [0.5, 0.6) is 0 Å². The van der Waals surface area contributed by atoms with Gasteiger partial charge in [-0.3, -0.25) is 4.79 Å². The van der Waals surface area contributed by atoms with E-state index in [9.17, 15) is 4.79 Å². The van der Waals surface area contributed by atoms with Gasteiger partial charge in [-0.05, 0) is 35.2 Å². The van der Waals surface area contributed by atoms with Gasteiger partial charge in [0.2, 0.25) is 0 Å². The molecule has 0 radical (unpaired) electrons. The molecule has 0 aliphatic carbocycles. The highest BCUT2D eigenvalue weighted by Gasteiger charge is 2.19. The predicted octanol–water partition coefficient (Wildman–Crippen LogP) is 2.49. The molecule has 106 valence electrons. The van der Waals surface area contributed by atoms with E-state index in [0.717, 1.165) is 10.5 Å². The summed E-state index contributed by atoms with van der Waals surface area (Å²) in [5, 5.41) is 20.6. The maximum absolute atomic E-state index is 10.9. The van der Waals surface area contributed by atoms with Gasteiger partial charge in [0.25, 0.3) is 0 Å². The van der Waals surface area contributed by atoms with E-state index in [2.05, 4.69) is 15.5 Å². The van der Waals surface area contributed by atoms with E-state index in [-0.39, 0.29) is 12.5 Å². The van der Waals surface area contributed by atoms with Crippen LogP contribution in [-0.4, -0.2) is 37.5 Å². The van der Waals surface area contributed by atoms with Crippen molar-refractivity contribution in [2.75, 3.05) is 6.26 Å². The van der Waals surface area contributed by atoms with Gasteiger partial charge in [0.1, 0.15) is 0 Å². The molecule has 0 saturated heterocycles. The molecule has 0 amide bonds.